The van der Waals surface area contributed by atoms with E-state index in [9.17, 15) is 13.2 Å². The van der Waals surface area contributed by atoms with Gasteiger partial charge in [0.05, 0.1) is 12.0 Å². The Morgan fingerprint density at radius 2 is 1.77 bits per heavy atom. The number of carbonyl (C=O) groups excluding carboxylic acids is 1. The van der Waals surface area contributed by atoms with Crippen LogP contribution in [0.2, 0.25) is 0 Å². The number of urea groups is 1. The summed E-state index contributed by atoms with van der Waals surface area (Å²) in [5.74, 6) is 0.697. The Bertz CT molecular complexity index is 1030. The number of rotatable bonds is 5. The summed E-state index contributed by atoms with van der Waals surface area (Å²) in [7, 11) is -1.98. The van der Waals surface area contributed by atoms with E-state index in [1.807, 2.05) is 38.1 Å². The van der Waals surface area contributed by atoms with Gasteiger partial charge in [-0.05, 0) is 55.3 Å². The number of piperazine rings is 1. The van der Waals surface area contributed by atoms with Crippen LogP contribution in [0.25, 0.3) is 0 Å². The van der Waals surface area contributed by atoms with Crippen LogP contribution < -0.4 is 10.1 Å². The van der Waals surface area contributed by atoms with Crippen molar-refractivity contribution in [3.63, 3.8) is 0 Å². The predicted octanol–water partition coefficient (Wildman–Crippen LogP) is 3.29. The normalized spacial score (nSPS) is 15.1. The molecule has 2 amide bonds. The van der Waals surface area contributed by atoms with Gasteiger partial charge in [-0.2, -0.15) is 4.31 Å². The minimum Gasteiger partial charge on any atom is -0.496 e. The van der Waals surface area contributed by atoms with Crippen molar-refractivity contribution in [3.05, 3.63) is 57.6 Å². The van der Waals surface area contributed by atoms with Crippen molar-refractivity contribution in [2.75, 3.05) is 33.3 Å². The first-order chi connectivity index (χ1) is 14.2. The van der Waals surface area contributed by atoms with Gasteiger partial charge in [-0.1, -0.05) is 22.0 Å². The molecule has 0 bridgehead atoms. The van der Waals surface area contributed by atoms with Gasteiger partial charge in [-0.25, -0.2) is 13.2 Å². The van der Waals surface area contributed by atoms with E-state index in [1.165, 1.54) is 4.31 Å². The van der Waals surface area contributed by atoms with Crippen molar-refractivity contribution in [2.45, 2.75) is 25.3 Å². The Morgan fingerprint density at radius 1 is 1.07 bits per heavy atom. The summed E-state index contributed by atoms with van der Waals surface area (Å²) in [6.07, 6.45) is 0. The monoisotopic (exact) mass is 495 g/mol. The van der Waals surface area contributed by atoms with Crippen molar-refractivity contribution >= 4 is 32.0 Å². The minimum atomic E-state index is -3.57. The van der Waals surface area contributed by atoms with Crippen LogP contribution in [-0.2, 0) is 16.6 Å². The molecule has 1 aliphatic rings. The maximum Gasteiger partial charge on any atom is 0.317 e. The summed E-state index contributed by atoms with van der Waals surface area (Å²) >= 11 is 3.42. The molecule has 162 valence electrons. The number of hydrogen-bond donors (Lipinski definition) is 1. The third-order valence-electron chi connectivity index (χ3n) is 5.31. The zero-order valence-electron chi connectivity index (χ0n) is 17.3. The topological polar surface area (TPSA) is 79.0 Å². The molecule has 3 rings (SSSR count). The molecule has 2 aromatic carbocycles. The standard InChI is InChI=1S/C21H26BrN3O4S/c1-15-4-6-19(12-16(15)2)30(27,28)25-10-8-24(9-11-25)21(26)23-14-17-13-18(22)5-7-20(17)29-3/h4-7,12-13H,8-11,14H2,1-3H3,(H,23,26). The van der Waals surface area contributed by atoms with Gasteiger partial charge in [0.25, 0.3) is 0 Å². The van der Waals surface area contributed by atoms with Gasteiger partial charge in [-0.15, -0.1) is 0 Å². The Morgan fingerprint density at radius 3 is 2.40 bits per heavy atom. The quantitative estimate of drug-likeness (QED) is 0.689. The maximum atomic E-state index is 12.9. The molecule has 0 spiro atoms. The molecule has 1 heterocycles. The molecule has 30 heavy (non-hydrogen) atoms. The van der Waals surface area contributed by atoms with Crippen molar-refractivity contribution in [2.24, 2.45) is 0 Å². The van der Waals surface area contributed by atoms with Gasteiger partial charge in [0.1, 0.15) is 5.75 Å². The van der Waals surface area contributed by atoms with Gasteiger partial charge in [0, 0.05) is 42.8 Å². The van der Waals surface area contributed by atoms with Gasteiger partial charge < -0.3 is 15.0 Å². The van der Waals surface area contributed by atoms with E-state index < -0.39 is 10.0 Å². The number of sulfonamides is 1. The van der Waals surface area contributed by atoms with Crippen molar-refractivity contribution in [1.82, 2.24) is 14.5 Å². The number of carbonyl (C=O) groups is 1. The highest BCUT2D eigenvalue weighted by Crippen LogP contribution is 2.23. The second kappa shape index (κ2) is 9.36. The summed E-state index contributed by atoms with van der Waals surface area (Å²) in [5, 5.41) is 2.89. The first kappa shape index (κ1) is 22.6. The molecule has 1 saturated heterocycles. The summed E-state index contributed by atoms with van der Waals surface area (Å²) in [5.41, 5.74) is 2.85. The number of benzene rings is 2. The number of halogens is 1. The molecule has 7 nitrogen and oxygen atoms in total. The molecule has 9 heteroatoms. The highest BCUT2D eigenvalue weighted by atomic mass is 79.9. The number of methoxy groups -OCH3 is 1. The molecule has 0 saturated carbocycles. The van der Waals surface area contributed by atoms with Crippen LogP contribution in [0.4, 0.5) is 4.79 Å². The lowest BCUT2D eigenvalue weighted by Crippen LogP contribution is -2.52. The molecule has 0 atom stereocenters. The maximum absolute atomic E-state index is 12.9. The molecule has 1 fully saturated rings. The molecule has 0 aliphatic carbocycles. The largest absolute Gasteiger partial charge is 0.496 e. The van der Waals surface area contributed by atoms with E-state index in [-0.39, 0.29) is 19.1 Å². The smallest absolute Gasteiger partial charge is 0.317 e. The lowest BCUT2D eigenvalue weighted by Gasteiger charge is -2.34. The van der Waals surface area contributed by atoms with Crippen LogP contribution in [-0.4, -0.2) is 56.9 Å². The number of aryl methyl sites for hydroxylation is 2. The van der Waals surface area contributed by atoms with Crippen LogP contribution in [0.3, 0.4) is 0 Å². The fourth-order valence-corrected chi connectivity index (χ4v) is 5.24. The Kier molecular flexibility index (Phi) is 7.05. The molecule has 0 unspecified atom stereocenters. The van der Waals surface area contributed by atoms with Crippen LogP contribution in [0.15, 0.2) is 45.8 Å². The average molecular weight is 496 g/mol. The molecule has 0 radical (unpaired) electrons. The third kappa shape index (κ3) is 4.96. The summed E-state index contributed by atoms with van der Waals surface area (Å²) in [6.45, 7) is 5.38. The van der Waals surface area contributed by atoms with Crippen molar-refractivity contribution in [1.29, 1.82) is 0 Å². The SMILES string of the molecule is COc1ccc(Br)cc1CNC(=O)N1CCN(S(=O)(=O)c2ccc(C)c(C)c2)CC1. The Labute approximate surface area is 186 Å². The lowest BCUT2D eigenvalue weighted by molar-refractivity contribution is 0.172. The second-order valence-electron chi connectivity index (χ2n) is 7.25. The van der Waals surface area contributed by atoms with Gasteiger partial charge in [0.2, 0.25) is 10.0 Å². The van der Waals surface area contributed by atoms with Crippen LogP contribution in [0.5, 0.6) is 5.75 Å². The van der Waals surface area contributed by atoms with Gasteiger partial charge in [-0.3, -0.25) is 0 Å². The fourth-order valence-electron chi connectivity index (χ4n) is 3.32. The number of hydrogen-bond acceptors (Lipinski definition) is 4. The van der Waals surface area contributed by atoms with Crippen LogP contribution in [0.1, 0.15) is 16.7 Å². The third-order valence-corrected chi connectivity index (χ3v) is 7.70. The summed E-state index contributed by atoms with van der Waals surface area (Å²) in [6, 6.07) is 10.5. The first-order valence-corrected chi connectivity index (χ1v) is 11.9. The molecular weight excluding hydrogens is 470 g/mol. The van der Waals surface area contributed by atoms with Gasteiger partial charge >= 0.3 is 6.03 Å². The predicted molar refractivity (Wildman–Crippen MR) is 119 cm³/mol. The highest BCUT2D eigenvalue weighted by molar-refractivity contribution is 9.10. The van der Waals surface area contributed by atoms with E-state index in [1.54, 1.807) is 24.1 Å². The molecule has 0 aromatic heterocycles. The minimum absolute atomic E-state index is 0.222. The number of nitrogens with one attached hydrogen (secondary N) is 1. The Hall–Kier alpha value is -2.10. The Balaban J connectivity index is 1.59. The van der Waals surface area contributed by atoms with Gasteiger partial charge in [0.15, 0.2) is 0 Å². The second-order valence-corrected chi connectivity index (χ2v) is 10.1. The average Bonchev–Trinajstić information content (AvgIpc) is 2.74. The van der Waals surface area contributed by atoms with E-state index >= 15 is 0 Å². The lowest BCUT2D eigenvalue weighted by atomic mass is 10.1. The number of ether oxygens (including phenoxy) is 1. The zero-order valence-corrected chi connectivity index (χ0v) is 19.7. The molecule has 2 aromatic rings. The molecule has 1 N–H and O–H groups in total. The van der Waals surface area contributed by atoms with E-state index in [0.29, 0.717) is 30.3 Å². The molecular formula is C21H26BrN3O4S. The van der Waals surface area contributed by atoms with Crippen LogP contribution >= 0.6 is 15.9 Å². The van der Waals surface area contributed by atoms with Crippen molar-refractivity contribution in [3.8, 4) is 5.75 Å². The first-order valence-electron chi connectivity index (χ1n) is 9.65. The summed E-state index contributed by atoms with van der Waals surface area (Å²) < 4.78 is 33.5. The number of amides is 2. The summed E-state index contributed by atoms with van der Waals surface area (Å²) in [4.78, 5) is 14.5. The zero-order chi connectivity index (χ0) is 21.9. The van der Waals surface area contributed by atoms with Crippen molar-refractivity contribution < 1.29 is 17.9 Å². The van der Waals surface area contributed by atoms with E-state index in [2.05, 4.69) is 21.2 Å². The van der Waals surface area contributed by atoms with Crippen LogP contribution in [0, 0.1) is 13.8 Å². The van der Waals surface area contributed by atoms with E-state index in [4.69, 9.17) is 4.74 Å². The molecule has 1 aliphatic heterocycles. The highest BCUT2D eigenvalue weighted by Gasteiger charge is 2.30. The van der Waals surface area contributed by atoms with E-state index in [0.717, 1.165) is 21.2 Å². The fraction of sp³-hybridized carbons (Fsp3) is 0.381. The number of nitrogens with zero attached hydrogens (tertiary/aromatic N) is 2.